The van der Waals surface area contributed by atoms with E-state index in [-0.39, 0.29) is 5.56 Å². The molecule has 0 bridgehead atoms. The second-order valence-corrected chi connectivity index (χ2v) is 5.55. The second kappa shape index (κ2) is 5.92. The number of carbonyl (C=O) groups excluding carboxylic acids is 1. The fraction of sp³-hybridized carbons (Fsp3) is 0.214. The Labute approximate surface area is 125 Å². The number of rotatable bonds is 5. The number of carbonyl (C=O) groups is 2. The third kappa shape index (κ3) is 3.19. The average molecular weight is 305 g/mol. The fourth-order valence-electron chi connectivity index (χ4n) is 2.12. The summed E-state index contributed by atoms with van der Waals surface area (Å²) in [7, 11) is 0. The molecule has 0 saturated heterocycles. The zero-order valence-corrected chi connectivity index (χ0v) is 12.4. The molecule has 0 radical (unpaired) electrons. The smallest absolute Gasteiger partial charge is 0.331 e. The summed E-state index contributed by atoms with van der Waals surface area (Å²) in [6.45, 7) is 3.43. The number of hydrogen-bond donors (Lipinski definition) is 3. The van der Waals surface area contributed by atoms with Crippen molar-refractivity contribution in [2.45, 2.75) is 19.9 Å². The quantitative estimate of drug-likeness (QED) is 0.784. The summed E-state index contributed by atoms with van der Waals surface area (Å²) >= 11 is 1.33. The molecule has 2 aromatic rings. The number of hydrogen-bond acceptors (Lipinski definition) is 5. The van der Waals surface area contributed by atoms with Crippen LogP contribution in [0, 0.1) is 13.8 Å². The van der Waals surface area contributed by atoms with Gasteiger partial charge < -0.3 is 16.2 Å². The average Bonchev–Trinajstić information content (AvgIpc) is 2.87. The lowest BCUT2D eigenvalue weighted by molar-refractivity contribution is -0.138. The Kier molecular flexibility index (Phi) is 4.23. The van der Waals surface area contributed by atoms with Gasteiger partial charge in [0.15, 0.2) is 6.04 Å². The highest BCUT2D eigenvalue weighted by Gasteiger charge is 2.23. The zero-order chi connectivity index (χ0) is 15.6. The van der Waals surface area contributed by atoms with Crippen molar-refractivity contribution in [1.29, 1.82) is 0 Å². The van der Waals surface area contributed by atoms with Gasteiger partial charge in [-0.2, -0.15) is 0 Å². The maximum atomic E-state index is 11.6. The van der Waals surface area contributed by atoms with Gasteiger partial charge in [0.05, 0.1) is 16.9 Å². The van der Waals surface area contributed by atoms with Crippen LogP contribution < -0.4 is 11.1 Å². The fourth-order valence-corrected chi connectivity index (χ4v) is 2.89. The number of aliphatic carboxylic acids is 1. The number of aryl methyl sites for hydroxylation is 2. The van der Waals surface area contributed by atoms with E-state index in [0.717, 1.165) is 0 Å². The predicted octanol–water partition coefficient (Wildman–Crippen LogP) is 2.10. The zero-order valence-electron chi connectivity index (χ0n) is 11.6. The van der Waals surface area contributed by atoms with Crippen LogP contribution in [0.1, 0.15) is 32.7 Å². The molecule has 1 amide bonds. The largest absolute Gasteiger partial charge is 0.479 e. The molecule has 0 spiro atoms. The Morgan fingerprint density at radius 1 is 1.43 bits per heavy atom. The van der Waals surface area contributed by atoms with Gasteiger partial charge >= 0.3 is 5.97 Å². The lowest BCUT2D eigenvalue weighted by atomic mass is 10.1. The standard InChI is InChI=1S/C14H15N3O3S/c1-7-6-9(11(13(15)18)8(2)16-7)17-12(14(19)20)10-4-3-5-21-10/h3-6,12H,1-2H3,(H2,15,18)(H,16,17)(H,19,20). The van der Waals surface area contributed by atoms with Crippen LogP contribution in [0.2, 0.25) is 0 Å². The van der Waals surface area contributed by atoms with E-state index >= 15 is 0 Å². The molecule has 2 aromatic heterocycles. The van der Waals surface area contributed by atoms with Crippen molar-refractivity contribution < 1.29 is 14.7 Å². The van der Waals surface area contributed by atoms with E-state index < -0.39 is 17.9 Å². The first-order valence-electron chi connectivity index (χ1n) is 6.21. The number of pyridine rings is 1. The molecule has 0 aliphatic heterocycles. The molecule has 4 N–H and O–H groups in total. The summed E-state index contributed by atoms with van der Waals surface area (Å²) in [5, 5.41) is 14.1. The Balaban J connectivity index is 2.46. The van der Waals surface area contributed by atoms with Crippen molar-refractivity contribution in [2.75, 3.05) is 5.32 Å². The van der Waals surface area contributed by atoms with Crippen molar-refractivity contribution in [3.63, 3.8) is 0 Å². The number of amides is 1. The maximum Gasteiger partial charge on any atom is 0.331 e. The minimum Gasteiger partial charge on any atom is -0.479 e. The van der Waals surface area contributed by atoms with Gasteiger partial charge in [0.1, 0.15) is 0 Å². The van der Waals surface area contributed by atoms with Gasteiger partial charge in [-0.1, -0.05) is 6.07 Å². The molecular formula is C14H15N3O3S. The Morgan fingerprint density at radius 3 is 2.67 bits per heavy atom. The van der Waals surface area contributed by atoms with Gasteiger partial charge in [-0.05, 0) is 31.4 Å². The number of carboxylic acids is 1. The summed E-state index contributed by atoms with van der Waals surface area (Å²) in [6.07, 6.45) is 0. The van der Waals surface area contributed by atoms with E-state index in [1.807, 2.05) is 0 Å². The van der Waals surface area contributed by atoms with Crippen molar-refractivity contribution in [2.24, 2.45) is 5.73 Å². The van der Waals surface area contributed by atoms with Crippen molar-refractivity contribution in [3.05, 3.63) is 45.4 Å². The van der Waals surface area contributed by atoms with Gasteiger partial charge in [0, 0.05) is 10.6 Å². The molecule has 2 rings (SSSR count). The number of nitrogens with two attached hydrogens (primary N) is 1. The summed E-state index contributed by atoms with van der Waals surface area (Å²) in [6, 6.07) is 4.18. The third-order valence-corrected chi connectivity index (χ3v) is 3.89. The van der Waals surface area contributed by atoms with Crippen LogP contribution in [0.15, 0.2) is 23.6 Å². The Bertz CT molecular complexity index is 683. The monoisotopic (exact) mass is 305 g/mol. The maximum absolute atomic E-state index is 11.6. The first kappa shape index (κ1) is 15.0. The Hall–Kier alpha value is -2.41. The number of aromatic nitrogens is 1. The predicted molar refractivity (Wildman–Crippen MR) is 80.5 cm³/mol. The molecule has 0 fully saturated rings. The molecular weight excluding hydrogens is 290 g/mol. The number of nitrogens with zero attached hydrogens (tertiary/aromatic N) is 1. The molecule has 1 unspecified atom stereocenters. The minimum absolute atomic E-state index is 0.211. The van der Waals surface area contributed by atoms with Crippen LogP contribution >= 0.6 is 11.3 Å². The highest BCUT2D eigenvalue weighted by molar-refractivity contribution is 7.10. The molecule has 0 saturated carbocycles. The summed E-state index contributed by atoms with van der Waals surface area (Å²) in [4.78, 5) is 27.9. The molecule has 110 valence electrons. The number of primary amides is 1. The van der Waals surface area contributed by atoms with Gasteiger partial charge in [0.2, 0.25) is 0 Å². The van der Waals surface area contributed by atoms with Gasteiger partial charge in [0.25, 0.3) is 5.91 Å². The van der Waals surface area contributed by atoms with Crippen LogP contribution in [-0.2, 0) is 4.79 Å². The summed E-state index contributed by atoms with van der Waals surface area (Å²) < 4.78 is 0. The van der Waals surface area contributed by atoms with E-state index in [2.05, 4.69) is 10.3 Å². The molecule has 1 atom stereocenters. The van der Waals surface area contributed by atoms with E-state index in [1.165, 1.54) is 11.3 Å². The van der Waals surface area contributed by atoms with E-state index in [0.29, 0.717) is 22.0 Å². The summed E-state index contributed by atoms with van der Waals surface area (Å²) in [5.74, 6) is -1.67. The number of anilines is 1. The number of nitrogens with one attached hydrogen (secondary N) is 1. The molecule has 0 aromatic carbocycles. The molecule has 0 aliphatic rings. The molecule has 21 heavy (non-hydrogen) atoms. The van der Waals surface area contributed by atoms with Crippen LogP contribution in [-0.4, -0.2) is 22.0 Å². The second-order valence-electron chi connectivity index (χ2n) is 4.57. The normalized spacial score (nSPS) is 11.9. The Morgan fingerprint density at radius 2 is 2.14 bits per heavy atom. The minimum atomic E-state index is -1.03. The van der Waals surface area contributed by atoms with E-state index in [4.69, 9.17) is 5.73 Å². The van der Waals surface area contributed by atoms with E-state index in [9.17, 15) is 14.7 Å². The van der Waals surface area contributed by atoms with Crippen molar-refractivity contribution in [1.82, 2.24) is 4.98 Å². The number of thiophene rings is 1. The third-order valence-electron chi connectivity index (χ3n) is 2.95. The molecule has 7 heteroatoms. The van der Waals surface area contributed by atoms with Gasteiger partial charge in [-0.3, -0.25) is 9.78 Å². The highest BCUT2D eigenvalue weighted by Crippen LogP contribution is 2.27. The molecule has 2 heterocycles. The van der Waals surface area contributed by atoms with Crippen LogP contribution in [0.5, 0.6) is 0 Å². The lowest BCUT2D eigenvalue weighted by Gasteiger charge is -2.18. The molecule has 0 aliphatic carbocycles. The lowest BCUT2D eigenvalue weighted by Crippen LogP contribution is -2.23. The van der Waals surface area contributed by atoms with E-state index in [1.54, 1.807) is 37.4 Å². The van der Waals surface area contributed by atoms with Crippen LogP contribution in [0.25, 0.3) is 0 Å². The topological polar surface area (TPSA) is 105 Å². The van der Waals surface area contributed by atoms with Crippen molar-refractivity contribution in [3.8, 4) is 0 Å². The number of carboxylic acid groups (broad SMARTS) is 1. The van der Waals surface area contributed by atoms with Crippen molar-refractivity contribution >= 4 is 28.9 Å². The van der Waals surface area contributed by atoms with Gasteiger partial charge in [-0.25, -0.2) is 4.79 Å². The highest BCUT2D eigenvalue weighted by atomic mass is 32.1. The summed E-state index contributed by atoms with van der Waals surface area (Å²) in [5.41, 5.74) is 7.12. The first-order chi connectivity index (χ1) is 9.90. The van der Waals surface area contributed by atoms with Crippen LogP contribution in [0.4, 0.5) is 5.69 Å². The van der Waals surface area contributed by atoms with Crippen LogP contribution in [0.3, 0.4) is 0 Å². The SMILES string of the molecule is Cc1cc(NC(C(=O)O)c2cccs2)c(C(N)=O)c(C)n1. The first-order valence-corrected chi connectivity index (χ1v) is 7.09. The molecule has 6 nitrogen and oxygen atoms in total. The van der Waals surface area contributed by atoms with Gasteiger partial charge in [-0.15, -0.1) is 11.3 Å².